The lowest BCUT2D eigenvalue weighted by Crippen LogP contribution is -2.46. The summed E-state index contributed by atoms with van der Waals surface area (Å²) in [6.45, 7) is 8.62. The number of hydrogen-bond acceptors (Lipinski definition) is 3. The summed E-state index contributed by atoms with van der Waals surface area (Å²) < 4.78 is 32.1. The van der Waals surface area contributed by atoms with Gasteiger partial charge >= 0.3 is 5.97 Å². The second-order valence-corrected chi connectivity index (χ2v) is 6.77. The Bertz CT molecular complexity index is 665. The van der Waals surface area contributed by atoms with Gasteiger partial charge in [-0.3, -0.25) is 9.79 Å². The van der Waals surface area contributed by atoms with Crippen molar-refractivity contribution in [3.8, 4) is 0 Å². The Morgan fingerprint density at radius 3 is 2.57 bits per heavy atom. The third-order valence-corrected chi connectivity index (χ3v) is 4.76. The van der Waals surface area contributed by atoms with Crippen LogP contribution in [0.25, 0.3) is 0 Å². The molecule has 0 aromatic heterocycles. The quantitative estimate of drug-likeness (QED) is 0.274. The lowest BCUT2D eigenvalue weighted by atomic mass is 9.97. The standard InChI is InChI=1S/C20H29F2N3O2.HI/c1-4-23-20(25-10-8-15(9-11-25)19(26)27-5-2)24-13-14(3)17-7-6-16(21)12-18(17)22;/h6-7,12,14-15H,4-5,8-11,13H2,1-3H3,(H,23,24);1H. The molecule has 158 valence electrons. The van der Waals surface area contributed by atoms with Crippen LogP contribution in [0.3, 0.4) is 0 Å². The van der Waals surface area contributed by atoms with Crippen LogP contribution in [0.4, 0.5) is 8.78 Å². The molecule has 1 saturated heterocycles. The molecule has 1 aromatic rings. The molecular formula is C20H30F2IN3O2. The molecule has 0 aliphatic carbocycles. The summed E-state index contributed by atoms with van der Waals surface area (Å²) in [6, 6.07) is 3.65. The molecule has 1 aliphatic heterocycles. The number of hydrogen-bond donors (Lipinski definition) is 1. The normalized spacial score (nSPS) is 16.3. The van der Waals surface area contributed by atoms with E-state index < -0.39 is 11.6 Å². The molecule has 2 rings (SSSR count). The number of aliphatic imine (C=N–C) groups is 1. The average Bonchev–Trinajstić information content (AvgIpc) is 2.65. The van der Waals surface area contributed by atoms with Gasteiger partial charge in [-0.05, 0) is 38.3 Å². The summed E-state index contributed by atoms with van der Waals surface area (Å²) in [6.07, 6.45) is 1.46. The van der Waals surface area contributed by atoms with Crippen molar-refractivity contribution in [2.24, 2.45) is 10.9 Å². The summed E-state index contributed by atoms with van der Waals surface area (Å²) in [5, 5.41) is 3.26. The van der Waals surface area contributed by atoms with Gasteiger partial charge in [-0.1, -0.05) is 13.0 Å². The highest BCUT2D eigenvalue weighted by Crippen LogP contribution is 2.21. The van der Waals surface area contributed by atoms with Crippen molar-refractivity contribution in [1.29, 1.82) is 0 Å². The monoisotopic (exact) mass is 509 g/mol. The number of guanidine groups is 1. The predicted octanol–water partition coefficient (Wildman–Crippen LogP) is 3.93. The number of piperidine rings is 1. The number of halogens is 3. The minimum Gasteiger partial charge on any atom is -0.466 e. The molecule has 0 bridgehead atoms. The molecule has 1 fully saturated rings. The Kier molecular flexibility index (Phi) is 10.7. The number of carbonyl (C=O) groups is 1. The van der Waals surface area contributed by atoms with Crippen LogP contribution in [0, 0.1) is 17.6 Å². The summed E-state index contributed by atoms with van der Waals surface area (Å²) in [7, 11) is 0. The van der Waals surface area contributed by atoms with Gasteiger partial charge in [0.25, 0.3) is 0 Å². The molecule has 0 radical (unpaired) electrons. The number of carbonyl (C=O) groups excluding carboxylic acids is 1. The van der Waals surface area contributed by atoms with Gasteiger partial charge in [-0.15, -0.1) is 24.0 Å². The minimum absolute atomic E-state index is 0. The van der Waals surface area contributed by atoms with E-state index in [-0.39, 0.29) is 41.8 Å². The number of likely N-dealkylation sites (tertiary alicyclic amines) is 1. The topological polar surface area (TPSA) is 53.9 Å². The lowest BCUT2D eigenvalue weighted by molar-refractivity contribution is -0.149. The summed E-state index contributed by atoms with van der Waals surface area (Å²) in [5.74, 6) is -0.718. The Morgan fingerprint density at radius 2 is 2.00 bits per heavy atom. The fourth-order valence-corrected chi connectivity index (χ4v) is 3.24. The highest BCUT2D eigenvalue weighted by atomic mass is 127. The molecule has 1 heterocycles. The van der Waals surface area contributed by atoms with Crippen LogP contribution in [0.5, 0.6) is 0 Å². The van der Waals surface area contributed by atoms with Crippen molar-refractivity contribution in [2.45, 2.75) is 39.5 Å². The average molecular weight is 509 g/mol. The molecule has 8 heteroatoms. The highest BCUT2D eigenvalue weighted by Gasteiger charge is 2.27. The molecule has 1 unspecified atom stereocenters. The Morgan fingerprint density at radius 1 is 1.32 bits per heavy atom. The molecule has 1 atom stereocenters. The first-order valence-electron chi connectivity index (χ1n) is 9.61. The first kappa shape index (κ1) is 24.6. The zero-order valence-corrected chi connectivity index (χ0v) is 19.0. The molecule has 1 aromatic carbocycles. The van der Waals surface area contributed by atoms with Crippen LogP contribution in [0.1, 0.15) is 45.1 Å². The van der Waals surface area contributed by atoms with Crippen molar-refractivity contribution >= 4 is 35.9 Å². The fourth-order valence-electron chi connectivity index (χ4n) is 3.24. The van der Waals surface area contributed by atoms with Crippen molar-refractivity contribution < 1.29 is 18.3 Å². The van der Waals surface area contributed by atoms with Crippen LogP contribution in [0.15, 0.2) is 23.2 Å². The molecule has 5 nitrogen and oxygen atoms in total. The second kappa shape index (κ2) is 12.2. The van der Waals surface area contributed by atoms with Gasteiger partial charge in [-0.25, -0.2) is 8.78 Å². The van der Waals surface area contributed by atoms with Crippen molar-refractivity contribution in [3.63, 3.8) is 0 Å². The summed E-state index contributed by atoms with van der Waals surface area (Å²) >= 11 is 0. The second-order valence-electron chi connectivity index (χ2n) is 6.77. The van der Waals surface area contributed by atoms with Gasteiger partial charge in [0.2, 0.25) is 0 Å². The van der Waals surface area contributed by atoms with Crippen LogP contribution in [-0.2, 0) is 9.53 Å². The summed E-state index contributed by atoms with van der Waals surface area (Å²) in [4.78, 5) is 18.6. The van der Waals surface area contributed by atoms with Crippen LogP contribution < -0.4 is 5.32 Å². The lowest BCUT2D eigenvalue weighted by Gasteiger charge is -2.33. The van der Waals surface area contributed by atoms with E-state index in [1.807, 2.05) is 20.8 Å². The number of esters is 1. The minimum atomic E-state index is -0.579. The van der Waals surface area contributed by atoms with Crippen molar-refractivity contribution in [2.75, 3.05) is 32.8 Å². The third kappa shape index (κ3) is 6.86. The summed E-state index contributed by atoms with van der Waals surface area (Å²) in [5.41, 5.74) is 0.456. The number of nitrogens with one attached hydrogen (secondary N) is 1. The van der Waals surface area contributed by atoms with E-state index in [0.717, 1.165) is 31.4 Å². The first-order chi connectivity index (χ1) is 13.0. The maximum Gasteiger partial charge on any atom is 0.309 e. The van der Waals surface area contributed by atoms with Gasteiger partial charge < -0.3 is 15.0 Å². The number of benzene rings is 1. The van der Waals surface area contributed by atoms with Crippen LogP contribution in [-0.4, -0.2) is 49.6 Å². The molecule has 1 N–H and O–H groups in total. The zero-order valence-electron chi connectivity index (χ0n) is 16.7. The number of rotatable bonds is 6. The molecular weight excluding hydrogens is 479 g/mol. The van der Waals surface area contributed by atoms with Crippen molar-refractivity contribution in [1.82, 2.24) is 10.2 Å². The maximum atomic E-state index is 14.0. The first-order valence-corrected chi connectivity index (χ1v) is 9.61. The van der Waals surface area contributed by atoms with Gasteiger partial charge in [0.05, 0.1) is 12.5 Å². The van der Waals surface area contributed by atoms with Crippen molar-refractivity contribution in [3.05, 3.63) is 35.4 Å². The van der Waals surface area contributed by atoms with E-state index in [9.17, 15) is 13.6 Å². The molecule has 0 amide bonds. The molecule has 0 spiro atoms. The third-order valence-electron chi connectivity index (χ3n) is 4.76. The van der Waals surface area contributed by atoms with E-state index in [0.29, 0.717) is 31.8 Å². The van der Waals surface area contributed by atoms with Crippen LogP contribution >= 0.6 is 24.0 Å². The van der Waals surface area contributed by atoms with E-state index in [2.05, 4.69) is 15.2 Å². The molecule has 1 aliphatic rings. The van der Waals surface area contributed by atoms with Gasteiger partial charge in [-0.2, -0.15) is 0 Å². The largest absolute Gasteiger partial charge is 0.466 e. The van der Waals surface area contributed by atoms with E-state index in [1.54, 1.807) is 0 Å². The zero-order chi connectivity index (χ0) is 19.8. The molecule has 28 heavy (non-hydrogen) atoms. The number of nitrogens with zero attached hydrogens (tertiary/aromatic N) is 2. The molecule has 0 saturated carbocycles. The maximum absolute atomic E-state index is 14.0. The number of ether oxygens (including phenoxy) is 1. The Labute approximate surface area is 182 Å². The predicted molar refractivity (Wildman–Crippen MR) is 117 cm³/mol. The highest BCUT2D eigenvalue weighted by molar-refractivity contribution is 14.0. The van der Waals surface area contributed by atoms with Gasteiger partial charge in [0.15, 0.2) is 5.96 Å². The van der Waals surface area contributed by atoms with Gasteiger partial charge in [0.1, 0.15) is 11.6 Å². The Balaban J connectivity index is 0.00000392. The van der Waals surface area contributed by atoms with Gasteiger partial charge in [0, 0.05) is 38.2 Å². The van der Waals surface area contributed by atoms with E-state index >= 15 is 0 Å². The SMILES string of the molecule is CCNC(=NCC(C)c1ccc(F)cc1F)N1CCC(C(=O)OCC)CC1.I. The fraction of sp³-hybridized carbons (Fsp3) is 0.600. The van der Waals surface area contributed by atoms with Crippen LogP contribution in [0.2, 0.25) is 0 Å². The van der Waals surface area contributed by atoms with E-state index in [1.165, 1.54) is 12.1 Å². The smallest absolute Gasteiger partial charge is 0.309 e. The van der Waals surface area contributed by atoms with E-state index in [4.69, 9.17) is 4.74 Å². The Hall–Kier alpha value is -1.45.